The van der Waals surface area contributed by atoms with Crippen LogP contribution in [0.2, 0.25) is 0 Å². The fourth-order valence-electron chi connectivity index (χ4n) is 2.78. The van der Waals surface area contributed by atoms with E-state index in [-0.39, 0.29) is 0 Å². The maximum atomic E-state index is 5.17. The van der Waals surface area contributed by atoms with Gasteiger partial charge in [0.25, 0.3) is 0 Å². The van der Waals surface area contributed by atoms with Crippen LogP contribution in [0.4, 0.5) is 17.3 Å². The van der Waals surface area contributed by atoms with Crippen molar-refractivity contribution in [2.75, 3.05) is 17.7 Å². The van der Waals surface area contributed by atoms with Gasteiger partial charge >= 0.3 is 0 Å². The number of benzene rings is 2. The van der Waals surface area contributed by atoms with Crippen LogP contribution < -0.4 is 15.4 Å². The number of rotatable bonds is 7. The lowest BCUT2D eigenvalue weighted by atomic mass is 10.1. The number of nitrogens with one attached hydrogen (secondary N) is 3. The third-order valence-corrected chi connectivity index (χ3v) is 4.25. The summed E-state index contributed by atoms with van der Waals surface area (Å²) < 4.78 is 5.17. The van der Waals surface area contributed by atoms with Gasteiger partial charge in [-0.1, -0.05) is 12.1 Å². The molecule has 0 aliphatic rings. The number of aromatic nitrogens is 4. The predicted molar refractivity (Wildman–Crippen MR) is 110 cm³/mol. The first-order chi connectivity index (χ1) is 13.8. The van der Waals surface area contributed by atoms with Gasteiger partial charge in [0.15, 0.2) is 5.82 Å². The molecule has 3 N–H and O–H groups in total. The highest BCUT2D eigenvalue weighted by atomic mass is 16.5. The molecule has 4 rings (SSSR count). The Bertz CT molecular complexity index is 1030. The maximum Gasteiger partial charge on any atom is 0.246 e. The minimum Gasteiger partial charge on any atom is -0.497 e. The number of aromatic amines is 1. The van der Waals surface area contributed by atoms with Gasteiger partial charge in [-0.2, -0.15) is 4.98 Å². The molecule has 140 valence electrons. The second kappa shape index (κ2) is 8.22. The van der Waals surface area contributed by atoms with Crippen molar-refractivity contribution in [1.29, 1.82) is 0 Å². The van der Waals surface area contributed by atoms with E-state index >= 15 is 0 Å². The molecule has 2 aromatic carbocycles. The Kier molecular flexibility index (Phi) is 5.15. The smallest absolute Gasteiger partial charge is 0.246 e. The van der Waals surface area contributed by atoms with Crippen molar-refractivity contribution >= 4 is 17.3 Å². The minimum absolute atomic E-state index is 0.504. The molecule has 7 heteroatoms. The zero-order chi connectivity index (χ0) is 19.2. The molecule has 0 atom stereocenters. The third-order valence-electron chi connectivity index (χ3n) is 4.25. The molecule has 2 aromatic heterocycles. The average Bonchev–Trinajstić information content (AvgIpc) is 3.22. The first kappa shape index (κ1) is 17.5. The number of hydrogen-bond acceptors (Lipinski definition) is 6. The summed E-state index contributed by atoms with van der Waals surface area (Å²) in [5, 5.41) is 13.9. The molecule has 0 unspecified atom stereocenters. The van der Waals surface area contributed by atoms with Gasteiger partial charge in [-0.3, -0.25) is 10.1 Å². The SMILES string of the molecule is COc1ccc(Nc2n[nH]c(-c3ccccc3NCc3ccncc3)n2)cc1. The molecular formula is C21H20N6O. The lowest BCUT2D eigenvalue weighted by Gasteiger charge is -2.10. The topological polar surface area (TPSA) is 87.8 Å². The summed E-state index contributed by atoms with van der Waals surface area (Å²) in [6.07, 6.45) is 3.58. The summed E-state index contributed by atoms with van der Waals surface area (Å²) in [6.45, 7) is 0.699. The van der Waals surface area contributed by atoms with Crippen molar-refractivity contribution < 1.29 is 4.74 Å². The molecule has 0 amide bonds. The van der Waals surface area contributed by atoms with Crippen molar-refractivity contribution in [1.82, 2.24) is 20.2 Å². The summed E-state index contributed by atoms with van der Waals surface area (Å²) in [5.74, 6) is 1.99. The van der Waals surface area contributed by atoms with Crippen LogP contribution in [0.5, 0.6) is 5.75 Å². The molecule has 0 fully saturated rings. The highest BCUT2D eigenvalue weighted by molar-refractivity contribution is 5.74. The van der Waals surface area contributed by atoms with E-state index in [2.05, 4.69) is 30.8 Å². The van der Waals surface area contributed by atoms with Crippen molar-refractivity contribution in [2.45, 2.75) is 6.54 Å². The fourth-order valence-corrected chi connectivity index (χ4v) is 2.78. The number of ether oxygens (including phenoxy) is 1. The van der Waals surface area contributed by atoms with Crippen LogP contribution in [0.3, 0.4) is 0 Å². The lowest BCUT2D eigenvalue weighted by molar-refractivity contribution is 0.415. The summed E-state index contributed by atoms with van der Waals surface area (Å²) >= 11 is 0. The first-order valence-electron chi connectivity index (χ1n) is 8.87. The van der Waals surface area contributed by atoms with Crippen LogP contribution in [0.15, 0.2) is 73.1 Å². The number of anilines is 3. The number of para-hydroxylation sites is 1. The Morgan fingerprint density at radius 2 is 1.75 bits per heavy atom. The molecule has 0 spiro atoms. The molecule has 28 heavy (non-hydrogen) atoms. The summed E-state index contributed by atoms with van der Waals surface area (Å²) in [6, 6.07) is 19.6. The molecule has 0 saturated heterocycles. The van der Waals surface area contributed by atoms with Crippen molar-refractivity contribution in [3.8, 4) is 17.1 Å². The van der Waals surface area contributed by atoms with Crippen molar-refractivity contribution in [3.05, 3.63) is 78.6 Å². The Balaban J connectivity index is 1.50. The number of nitrogens with zero attached hydrogens (tertiary/aromatic N) is 3. The summed E-state index contributed by atoms with van der Waals surface area (Å²) in [5.41, 5.74) is 3.97. The van der Waals surface area contributed by atoms with E-state index in [1.54, 1.807) is 19.5 Å². The second-order valence-corrected chi connectivity index (χ2v) is 6.12. The Morgan fingerprint density at radius 1 is 0.964 bits per heavy atom. The summed E-state index contributed by atoms with van der Waals surface area (Å²) in [4.78, 5) is 8.62. The third kappa shape index (κ3) is 4.09. The van der Waals surface area contributed by atoms with E-state index in [4.69, 9.17) is 4.74 Å². The predicted octanol–water partition coefficient (Wildman–Crippen LogP) is 4.23. The van der Waals surface area contributed by atoms with E-state index in [0.29, 0.717) is 18.3 Å². The van der Waals surface area contributed by atoms with Gasteiger partial charge in [0, 0.05) is 35.9 Å². The molecule has 7 nitrogen and oxygen atoms in total. The Morgan fingerprint density at radius 3 is 2.54 bits per heavy atom. The van der Waals surface area contributed by atoms with Crippen LogP contribution in [-0.4, -0.2) is 27.3 Å². The summed E-state index contributed by atoms with van der Waals surface area (Å²) in [7, 11) is 1.64. The van der Waals surface area contributed by atoms with Gasteiger partial charge in [-0.15, -0.1) is 5.10 Å². The largest absolute Gasteiger partial charge is 0.497 e. The van der Waals surface area contributed by atoms with Gasteiger partial charge in [0.1, 0.15) is 5.75 Å². The molecule has 0 radical (unpaired) electrons. The lowest BCUT2D eigenvalue weighted by Crippen LogP contribution is -2.01. The van der Waals surface area contributed by atoms with Crippen LogP contribution in [0.25, 0.3) is 11.4 Å². The first-order valence-corrected chi connectivity index (χ1v) is 8.87. The van der Waals surface area contributed by atoms with Crippen LogP contribution >= 0.6 is 0 Å². The van der Waals surface area contributed by atoms with E-state index in [0.717, 1.165) is 28.3 Å². The number of pyridine rings is 1. The van der Waals surface area contributed by atoms with Crippen LogP contribution in [0.1, 0.15) is 5.56 Å². The zero-order valence-electron chi connectivity index (χ0n) is 15.4. The maximum absolute atomic E-state index is 5.17. The van der Waals surface area contributed by atoms with E-state index in [9.17, 15) is 0 Å². The molecule has 0 saturated carbocycles. The fraction of sp³-hybridized carbons (Fsp3) is 0.0952. The average molecular weight is 372 g/mol. The molecular weight excluding hydrogens is 352 g/mol. The Labute approximate surface area is 162 Å². The van der Waals surface area contributed by atoms with Crippen molar-refractivity contribution in [3.63, 3.8) is 0 Å². The van der Waals surface area contributed by atoms with Gasteiger partial charge in [-0.25, -0.2) is 0 Å². The van der Waals surface area contributed by atoms with E-state index in [1.165, 1.54) is 0 Å². The minimum atomic E-state index is 0.504. The second-order valence-electron chi connectivity index (χ2n) is 6.12. The monoisotopic (exact) mass is 372 g/mol. The van der Waals surface area contributed by atoms with Gasteiger partial charge < -0.3 is 15.4 Å². The molecule has 2 heterocycles. The highest BCUT2D eigenvalue weighted by Crippen LogP contribution is 2.27. The normalized spacial score (nSPS) is 10.5. The van der Waals surface area contributed by atoms with Crippen molar-refractivity contribution in [2.24, 2.45) is 0 Å². The van der Waals surface area contributed by atoms with Gasteiger partial charge in [-0.05, 0) is 54.1 Å². The number of methoxy groups -OCH3 is 1. The number of hydrogen-bond donors (Lipinski definition) is 3. The molecule has 4 aromatic rings. The van der Waals surface area contributed by atoms with Crippen LogP contribution in [0, 0.1) is 0 Å². The quantitative estimate of drug-likeness (QED) is 0.450. The molecule has 0 aliphatic heterocycles. The van der Waals surface area contributed by atoms with E-state index < -0.39 is 0 Å². The van der Waals surface area contributed by atoms with Gasteiger partial charge in [0.2, 0.25) is 5.95 Å². The van der Waals surface area contributed by atoms with E-state index in [1.807, 2.05) is 60.7 Å². The number of H-pyrrole nitrogens is 1. The zero-order valence-corrected chi connectivity index (χ0v) is 15.4. The highest BCUT2D eigenvalue weighted by Gasteiger charge is 2.10. The molecule has 0 bridgehead atoms. The molecule has 0 aliphatic carbocycles. The van der Waals surface area contributed by atoms with Crippen LogP contribution in [-0.2, 0) is 6.54 Å². The standard InChI is InChI=1S/C21H20N6O/c1-28-17-8-6-16(7-9-17)24-21-25-20(26-27-21)18-4-2-3-5-19(18)23-14-15-10-12-22-13-11-15/h2-13,23H,14H2,1H3,(H2,24,25,26,27). The Hall–Kier alpha value is -3.87. The van der Waals surface area contributed by atoms with Gasteiger partial charge in [0.05, 0.1) is 7.11 Å².